The molecule has 1 unspecified atom stereocenters. The molecule has 5 heteroatoms. The van der Waals surface area contributed by atoms with Crippen LogP contribution < -0.4 is 5.32 Å². The molecule has 0 aliphatic rings. The lowest BCUT2D eigenvalue weighted by Crippen LogP contribution is -2.15. The molecule has 1 aromatic heterocycles. The van der Waals surface area contributed by atoms with Gasteiger partial charge >= 0.3 is 0 Å². The number of carbonyl (C=O) groups is 1. The number of nitrogens with zero attached hydrogens (tertiary/aromatic N) is 2. The molecular formula is C18H17N3O2. The molecule has 0 fully saturated rings. The fourth-order valence-corrected chi connectivity index (χ4v) is 2.31. The number of carbonyl (C=O) groups excluding carboxylic acids is 1. The smallest absolute Gasteiger partial charge is 0.227 e. The number of aliphatic hydroxyl groups is 1. The molecule has 1 atom stereocenters. The first-order valence-electron chi connectivity index (χ1n) is 7.33. The van der Waals surface area contributed by atoms with E-state index in [1.807, 2.05) is 53.2 Å². The molecule has 1 amide bonds. The fourth-order valence-electron chi connectivity index (χ4n) is 2.31. The molecule has 3 aromatic rings. The standard InChI is InChI=1S/C18H17N3O2/c22-17(14-4-2-1-3-5-14)12-18(23)20-15-6-8-16(9-7-15)21-11-10-19-13-21/h1-11,13,17,22H,12H2,(H,20,23). The molecule has 2 aromatic carbocycles. The Morgan fingerprint density at radius 1 is 1.13 bits per heavy atom. The summed E-state index contributed by atoms with van der Waals surface area (Å²) in [6.07, 6.45) is 4.49. The summed E-state index contributed by atoms with van der Waals surface area (Å²) in [7, 11) is 0. The molecule has 0 aliphatic carbocycles. The number of hydrogen-bond acceptors (Lipinski definition) is 3. The van der Waals surface area contributed by atoms with Gasteiger partial charge in [0, 0.05) is 23.8 Å². The van der Waals surface area contributed by atoms with Crippen molar-refractivity contribution in [2.24, 2.45) is 0 Å². The predicted octanol–water partition coefficient (Wildman–Crippen LogP) is 2.93. The Hall–Kier alpha value is -2.92. The van der Waals surface area contributed by atoms with E-state index in [2.05, 4.69) is 10.3 Å². The summed E-state index contributed by atoms with van der Waals surface area (Å²) >= 11 is 0. The molecule has 0 saturated heterocycles. The van der Waals surface area contributed by atoms with Crippen LogP contribution in [0.1, 0.15) is 18.1 Å². The minimum Gasteiger partial charge on any atom is -0.388 e. The molecule has 2 N–H and O–H groups in total. The molecule has 23 heavy (non-hydrogen) atoms. The van der Waals surface area contributed by atoms with Crippen LogP contribution in [-0.2, 0) is 4.79 Å². The lowest BCUT2D eigenvalue weighted by atomic mass is 10.1. The van der Waals surface area contributed by atoms with E-state index in [-0.39, 0.29) is 12.3 Å². The molecule has 3 rings (SSSR count). The van der Waals surface area contributed by atoms with Crippen LogP contribution in [0.15, 0.2) is 73.3 Å². The monoisotopic (exact) mass is 307 g/mol. The number of anilines is 1. The molecule has 0 spiro atoms. The van der Waals surface area contributed by atoms with Crippen LogP contribution in [0.3, 0.4) is 0 Å². The van der Waals surface area contributed by atoms with Crippen LogP contribution in [0.5, 0.6) is 0 Å². The summed E-state index contributed by atoms with van der Waals surface area (Å²) in [5.74, 6) is -0.225. The quantitative estimate of drug-likeness (QED) is 0.761. The van der Waals surface area contributed by atoms with Crippen LogP contribution >= 0.6 is 0 Å². The first-order valence-corrected chi connectivity index (χ1v) is 7.33. The number of rotatable bonds is 5. The lowest BCUT2D eigenvalue weighted by molar-refractivity contribution is -0.118. The number of imidazole rings is 1. The van der Waals surface area contributed by atoms with Crippen molar-refractivity contribution in [3.05, 3.63) is 78.9 Å². The zero-order chi connectivity index (χ0) is 16.1. The van der Waals surface area contributed by atoms with Gasteiger partial charge in [0.2, 0.25) is 5.91 Å². The van der Waals surface area contributed by atoms with Gasteiger partial charge in [0.05, 0.1) is 18.9 Å². The second kappa shape index (κ2) is 6.89. The third kappa shape index (κ3) is 3.84. The van der Waals surface area contributed by atoms with Crippen molar-refractivity contribution in [2.75, 3.05) is 5.32 Å². The van der Waals surface area contributed by atoms with E-state index in [0.717, 1.165) is 11.3 Å². The maximum absolute atomic E-state index is 12.0. The number of aromatic nitrogens is 2. The summed E-state index contributed by atoms with van der Waals surface area (Å²) in [5.41, 5.74) is 2.39. The third-order valence-electron chi connectivity index (χ3n) is 3.52. The molecule has 0 bridgehead atoms. The van der Waals surface area contributed by atoms with E-state index in [4.69, 9.17) is 0 Å². The van der Waals surface area contributed by atoms with E-state index in [1.165, 1.54) is 0 Å². The average Bonchev–Trinajstić information content (AvgIpc) is 3.11. The van der Waals surface area contributed by atoms with Gasteiger partial charge in [0.25, 0.3) is 0 Å². The van der Waals surface area contributed by atoms with Crippen LogP contribution in [0.25, 0.3) is 5.69 Å². The normalized spacial score (nSPS) is 11.9. The Labute approximate surface area is 134 Å². The van der Waals surface area contributed by atoms with Crippen LogP contribution in [0.2, 0.25) is 0 Å². The third-order valence-corrected chi connectivity index (χ3v) is 3.52. The van der Waals surface area contributed by atoms with Crippen molar-refractivity contribution < 1.29 is 9.90 Å². The Bertz CT molecular complexity index is 753. The van der Waals surface area contributed by atoms with Gasteiger partial charge in [-0.15, -0.1) is 0 Å². The minimum absolute atomic E-state index is 0.0211. The SMILES string of the molecule is O=C(CC(O)c1ccccc1)Nc1ccc(-n2ccnc2)cc1. The lowest BCUT2D eigenvalue weighted by Gasteiger charge is -2.11. The number of hydrogen-bond donors (Lipinski definition) is 2. The Balaban J connectivity index is 1.60. The Kier molecular flexibility index (Phi) is 4.49. The molecule has 5 nitrogen and oxygen atoms in total. The summed E-state index contributed by atoms with van der Waals surface area (Å²) in [6, 6.07) is 16.6. The van der Waals surface area contributed by atoms with E-state index >= 15 is 0 Å². The highest BCUT2D eigenvalue weighted by molar-refractivity contribution is 5.91. The topological polar surface area (TPSA) is 67.2 Å². The van der Waals surface area contributed by atoms with Gasteiger partial charge in [-0.1, -0.05) is 30.3 Å². The minimum atomic E-state index is -0.804. The fraction of sp³-hybridized carbons (Fsp3) is 0.111. The maximum Gasteiger partial charge on any atom is 0.227 e. The molecular weight excluding hydrogens is 290 g/mol. The highest BCUT2D eigenvalue weighted by Gasteiger charge is 2.12. The summed E-state index contributed by atoms with van der Waals surface area (Å²) in [6.45, 7) is 0. The van der Waals surface area contributed by atoms with Gasteiger partial charge in [0.1, 0.15) is 0 Å². The zero-order valence-electron chi connectivity index (χ0n) is 12.5. The van der Waals surface area contributed by atoms with Crippen LogP contribution in [-0.4, -0.2) is 20.6 Å². The van der Waals surface area contributed by atoms with Gasteiger partial charge in [-0.2, -0.15) is 0 Å². The summed E-state index contributed by atoms with van der Waals surface area (Å²) in [5, 5.41) is 12.9. The maximum atomic E-state index is 12.0. The second-order valence-electron chi connectivity index (χ2n) is 5.20. The molecule has 116 valence electrons. The average molecular weight is 307 g/mol. The molecule has 1 heterocycles. The van der Waals surface area contributed by atoms with E-state index in [1.54, 1.807) is 24.7 Å². The van der Waals surface area contributed by atoms with Crippen LogP contribution in [0, 0.1) is 0 Å². The summed E-state index contributed by atoms with van der Waals surface area (Å²) < 4.78 is 1.88. The Morgan fingerprint density at radius 3 is 2.52 bits per heavy atom. The first-order chi connectivity index (χ1) is 11.2. The number of benzene rings is 2. The van der Waals surface area contributed by atoms with Crippen molar-refractivity contribution >= 4 is 11.6 Å². The molecule has 0 aliphatic heterocycles. The largest absolute Gasteiger partial charge is 0.388 e. The van der Waals surface area contributed by atoms with E-state index in [0.29, 0.717) is 5.69 Å². The van der Waals surface area contributed by atoms with Crippen LogP contribution in [0.4, 0.5) is 5.69 Å². The second-order valence-corrected chi connectivity index (χ2v) is 5.20. The number of amides is 1. The van der Waals surface area contributed by atoms with Crippen molar-refractivity contribution in [3.63, 3.8) is 0 Å². The number of nitrogens with one attached hydrogen (secondary N) is 1. The highest BCUT2D eigenvalue weighted by Crippen LogP contribution is 2.18. The van der Waals surface area contributed by atoms with E-state index in [9.17, 15) is 9.90 Å². The molecule has 0 saturated carbocycles. The van der Waals surface area contributed by atoms with Crippen molar-refractivity contribution in [2.45, 2.75) is 12.5 Å². The van der Waals surface area contributed by atoms with Gasteiger partial charge in [0.15, 0.2) is 0 Å². The van der Waals surface area contributed by atoms with Gasteiger partial charge in [-0.05, 0) is 29.8 Å². The highest BCUT2D eigenvalue weighted by atomic mass is 16.3. The first kappa shape index (κ1) is 15.0. The van der Waals surface area contributed by atoms with Crippen molar-refractivity contribution in [1.29, 1.82) is 0 Å². The predicted molar refractivity (Wildman–Crippen MR) is 88.2 cm³/mol. The number of aliphatic hydroxyl groups excluding tert-OH is 1. The van der Waals surface area contributed by atoms with Gasteiger partial charge in [-0.25, -0.2) is 4.98 Å². The van der Waals surface area contributed by atoms with Gasteiger partial charge < -0.3 is 15.0 Å². The van der Waals surface area contributed by atoms with Crippen molar-refractivity contribution in [1.82, 2.24) is 9.55 Å². The Morgan fingerprint density at radius 2 is 1.87 bits per heavy atom. The van der Waals surface area contributed by atoms with Gasteiger partial charge in [-0.3, -0.25) is 4.79 Å². The van der Waals surface area contributed by atoms with E-state index < -0.39 is 6.10 Å². The zero-order valence-corrected chi connectivity index (χ0v) is 12.5. The van der Waals surface area contributed by atoms with Crippen molar-refractivity contribution in [3.8, 4) is 5.69 Å². The summed E-state index contributed by atoms with van der Waals surface area (Å²) in [4.78, 5) is 16.0. The molecule has 0 radical (unpaired) electrons.